The Labute approximate surface area is 153 Å². The van der Waals surface area contributed by atoms with Crippen molar-refractivity contribution in [2.45, 2.75) is 65.5 Å². The van der Waals surface area contributed by atoms with Crippen LogP contribution in [0, 0.1) is 11.3 Å². The van der Waals surface area contributed by atoms with E-state index in [0.717, 1.165) is 38.8 Å². The van der Waals surface area contributed by atoms with E-state index in [9.17, 15) is 4.79 Å². The summed E-state index contributed by atoms with van der Waals surface area (Å²) in [5, 5.41) is 0. The zero-order valence-corrected chi connectivity index (χ0v) is 16.4. The molecular formula is C22H34N2O. The van der Waals surface area contributed by atoms with Crippen LogP contribution in [0.4, 0.5) is 0 Å². The lowest BCUT2D eigenvalue weighted by Crippen LogP contribution is -2.64. The fourth-order valence-corrected chi connectivity index (χ4v) is 4.94. The predicted molar refractivity (Wildman–Crippen MR) is 103 cm³/mol. The van der Waals surface area contributed by atoms with Crippen molar-refractivity contribution in [1.82, 2.24) is 9.80 Å². The van der Waals surface area contributed by atoms with E-state index in [1.807, 2.05) is 0 Å². The van der Waals surface area contributed by atoms with Crippen LogP contribution in [0.2, 0.25) is 0 Å². The third-order valence-corrected chi connectivity index (χ3v) is 6.59. The second-order valence-corrected chi connectivity index (χ2v) is 8.28. The maximum Gasteiger partial charge on any atom is 0.225 e. The smallest absolute Gasteiger partial charge is 0.225 e. The SMILES string of the molecule is CCC(CC)C(=O)N1CCC2(CC1)CN(C(C)C)C2c1ccccc1. The van der Waals surface area contributed by atoms with Crippen LogP contribution in [0.15, 0.2) is 30.3 Å². The Bertz CT molecular complexity index is 571. The van der Waals surface area contributed by atoms with Gasteiger partial charge in [0.25, 0.3) is 0 Å². The summed E-state index contributed by atoms with van der Waals surface area (Å²) in [7, 11) is 0. The van der Waals surface area contributed by atoms with Crippen molar-refractivity contribution >= 4 is 5.91 Å². The number of piperidine rings is 1. The first-order valence-electron chi connectivity index (χ1n) is 10.1. The van der Waals surface area contributed by atoms with Gasteiger partial charge in [0.15, 0.2) is 0 Å². The van der Waals surface area contributed by atoms with Gasteiger partial charge in [0.1, 0.15) is 0 Å². The zero-order chi connectivity index (χ0) is 18.0. The number of carbonyl (C=O) groups excluding carboxylic acids is 1. The molecule has 0 saturated carbocycles. The zero-order valence-electron chi connectivity index (χ0n) is 16.4. The molecule has 1 amide bonds. The summed E-state index contributed by atoms with van der Waals surface area (Å²) in [6.07, 6.45) is 4.21. The number of hydrogen-bond donors (Lipinski definition) is 0. The summed E-state index contributed by atoms with van der Waals surface area (Å²) in [5.74, 6) is 0.601. The monoisotopic (exact) mass is 342 g/mol. The first kappa shape index (κ1) is 18.4. The second-order valence-electron chi connectivity index (χ2n) is 8.28. The minimum Gasteiger partial charge on any atom is -0.342 e. The maximum atomic E-state index is 12.7. The van der Waals surface area contributed by atoms with E-state index in [1.54, 1.807) is 0 Å². The third kappa shape index (κ3) is 3.36. The van der Waals surface area contributed by atoms with Crippen LogP contribution in [0.5, 0.6) is 0 Å². The van der Waals surface area contributed by atoms with Gasteiger partial charge >= 0.3 is 0 Å². The molecule has 0 aromatic heterocycles. The fraction of sp³-hybridized carbons (Fsp3) is 0.682. The van der Waals surface area contributed by atoms with Crippen LogP contribution in [-0.2, 0) is 4.79 Å². The Morgan fingerprint density at radius 2 is 1.72 bits per heavy atom. The number of carbonyl (C=O) groups is 1. The summed E-state index contributed by atoms with van der Waals surface area (Å²) in [6, 6.07) is 12.1. The molecule has 3 nitrogen and oxygen atoms in total. The minimum atomic E-state index is 0.215. The minimum absolute atomic E-state index is 0.215. The fourth-order valence-electron chi connectivity index (χ4n) is 4.94. The van der Waals surface area contributed by atoms with Gasteiger partial charge in [0.05, 0.1) is 0 Å². The number of amides is 1. The standard InChI is InChI=1S/C22H34N2O/c1-5-18(6-2)21(25)23-14-12-22(13-15-23)16-24(17(3)4)20(22)19-10-8-7-9-11-19/h7-11,17-18,20H,5-6,12-16H2,1-4H3. The van der Waals surface area contributed by atoms with E-state index >= 15 is 0 Å². The molecule has 3 rings (SSSR count). The van der Waals surface area contributed by atoms with Crippen LogP contribution in [0.25, 0.3) is 0 Å². The van der Waals surface area contributed by atoms with E-state index < -0.39 is 0 Å². The molecule has 0 aliphatic carbocycles. The van der Waals surface area contributed by atoms with Gasteiger partial charge in [-0.2, -0.15) is 0 Å². The molecule has 138 valence electrons. The van der Waals surface area contributed by atoms with Gasteiger partial charge in [0, 0.05) is 43.1 Å². The molecule has 1 aromatic carbocycles. The lowest BCUT2D eigenvalue weighted by molar-refractivity contribution is -0.151. The topological polar surface area (TPSA) is 23.6 Å². The van der Waals surface area contributed by atoms with E-state index in [2.05, 4.69) is 67.8 Å². The highest BCUT2D eigenvalue weighted by molar-refractivity contribution is 5.78. The van der Waals surface area contributed by atoms with Crippen molar-refractivity contribution in [1.29, 1.82) is 0 Å². The van der Waals surface area contributed by atoms with Crippen molar-refractivity contribution in [2.24, 2.45) is 11.3 Å². The summed E-state index contributed by atoms with van der Waals surface area (Å²) in [4.78, 5) is 17.5. The van der Waals surface area contributed by atoms with Crippen molar-refractivity contribution in [2.75, 3.05) is 19.6 Å². The van der Waals surface area contributed by atoms with Crippen molar-refractivity contribution in [3.05, 3.63) is 35.9 Å². The molecule has 2 aliphatic heterocycles. The molecule has 25 heavy (non-hydrogen) atoms. The van der Waals surface area contributed by atoms with Crippen LogP contribution >= 0.6 is 0 Å². The van der Waals surface area contributed by atoms with E-state index in [4.69, 9.17) is 0 Å². The lowest BCUT2D eigenvalue weighted by atomic mass is 9.62. The van der Waals surface area contributed by atoms with Gasteiger partial charge in [-0.3, -0.25) is 9.69 Å². The normalized spacial score (nSPS) is 23.3. The number of nitrogens with zero attached hydrogens (tertiary/aromatic N) is 2. The molecule has 0 N–H and O–H groups in total. The molecule has 1 aromatic rings. The molecule has 1 unspecified atom stereocenters. The highest BCUT2D eigenvalue weighted by Crippen LogP contribution is 2.55. The Morgan fingerprint density at radius 1 is 1.12 bits per heavy atom. The first-order valence-corrected chi connectivity index (χ1v) is 10.1. The lowest BCUT2D eigenvalue weighted by Gasteiger charge is -2.62. The average molecular weight is 343 g/mol. The Hall–Kier alpha value is -1.35. The van der Waals surface area contributed by atoms with Gasteiger partial charge in [0.2, 0.25) is 5.91 Å². The van der Waals surface area contributed by atoms with Crippen LogP contribution in [0.3, 0.4) is 0 Å². The molecule has 0 bridgehead atoms. The molecule has 0 radical (unpaired) electrons. The van der Waals surface area contributed by atoms with Crippen molar-refractivity contribution in [3.8, 4) is 0 Å². The van der Waals surface area contributed by atoms with Crippen LogP contribution in [-0.4, -0.2) is 41.4 Å². The highest BCUT2D eigenvalue weighted by atomic mass is 16.2. The number of hydrogen-bond acceptors (Lipinski definition) is 2. The van der Waals surface area contributed by atoms with Gasteiger partial charge in [-0.1, -0.05) is 44.2 Å². The van der Waals surface area contributed by atoms with E-state index in [-0.39, 0.29) is 5.92 Å². The molecule has 2 aliphatic rings. The Balaban J connectivity index is 1.72. The predicted octanol–water partition coefficient (Wildman–Crippen LogP) is 4.50. The third-order valence-electron chi connectivity index (χ3n) is 6.59. The van der Waals surface area contributed by atoms with Crippen LogP contribution in [0.1, 0.15) is 65.0 Å². The maximum absolute atomic E-state index is 12.7. The molecular weight excluding hydrogens is 308 g/mol. The molecule has 3 heteroatoms. The van der Waals surface area contributed by atoms with Gasteiger partial charge < -0.3 is 4.90 Å². The van der Waals surface area contributed by atoms with Crippen LogP contribution < -0.4 is 0 Å². The number of rotatable bonds is 5. The van der Waals surface area contributed by atoms with E-state index in [1.165, 1.54) is 12.1 Å². The summed E-state index contributed by atoms with van der Waals surface area (Å²) >= 11 is 0. The Morgan fingerprint density at radius 3 is 2.24 bits per heavy atom. The molecule has 2 heterocycles. The van der Waals surface area contributed by atoms with Crippen molar-refractivity contribution < 1.29 is 4.79 Å². The average Bonchev–Trinajstić information content (AvgIpc) is 2.61. The second kappa shape index (κ2) is 7.49. The largest absolute Gasteiger partial charge is 0.342 e. The van der Waals surface area contributed by atoms with Gasteiger partial charge in [-0.15, -0.1) is 0 Å². The molecule has 1 atom stereocenters. The number of benzene rings is 1. The first-order chi connectivity index (χ1) is 12.0. The highest BCUT2D eigenvalue weighted by Gasteiger charge is 2.54. The van der Waals surface area contributed by atoms with Crippen molar-refractivity contribution in [3.63, 3.8) is 0 Å². The summed E-state index contributed by atoms with van der Waals surface area (Å²) < 4.78 is 0. The summed E-state index contributed by atoms with van der Waals surface area (Å²) in [5.41, 5.74) is 1.80. The van der Waals surface area contributed by atoms with Gasteiger partial charge in [-0.05, 0) is 45.1 Å². The summed E-state index contributed by atoms with van der Waals surface area (Å²) in [6.45, 7) is 11.9. The van der Waals surface area contributed by atoms with Gasteiger partial charge in [-0.25, -0.2) is 0 Å². The Kier molecular flexibility index (Phi) is 5.52. The molecule has 1 spiro atoms. The van der Waals surface area contributed by atoms with E-state index in [0.29, 0.717) is 23.4 Å². The number of likely N-dealkylation sites (tertiary alicyclic amines) is 2. The molecule has 2 saturated heterocycles. The quantitative estimate of drug-likeness (QED) is 0.787. The molecule has 2 fully saturated rings.